The second-order valence-corrected chi connectivity index (χ2v) is 10.5. The van der Waals surface area contributed by atoms with E-state index < -0.39 is 5.97 Å². The van der Waals surface area contributed by atoms with Crippen LogP contribution in [-0.4, -0.2) is 44.5 Å². The average Bonchev–Trinajstić information content (AvgIpc) is 2.36. The van der Waals surface area contributed by atoms with Crippen LogP contribution >= 0.6 is 30.9 Å². The van der Waals surface area contributed by atoms with E-state index in [0.717, 1.165) is 11.5 Å². The monoisotopic (exact) mass is 356 g/mol. The minimum Gasteiger partial charge on any atom is -0.480 e. The van der Waals surface area contributed by atoms with Crippen LogP contribution < -0.4 is 0 Å². The SMILES string of the molecule is CCN(CC(=O)O)C([PH+]=S)(SCC(C)C)SCC(C)C. The lowest BCUT2D eigenvalue weighted by atomic mass is 10.3. The molecule has 7 heteroatoms. The molecule has 0 aliphatic rings. The van der Waals surface area contributed by atoms with Gasteiger partial charge in [-0.15, -0.1) is 0 Å². The number of thioether (sulfide) groups is 2. The van der Waals surface area contributed by atoms with Gasteiger partial charge in [-0.3, -0.25) is 4.79 Å². The van der Waals surface area contributed by atoms with Gasteiger partial charge in [-0.1, -0.05) is 58.1 Å². The maximum absolute atomic E-state index is 11.1. The summed E-state index contributed by atoms with van der Waals surface area (Å²) in [5.74, 6) is 2.39. The van der Waals surface area contributed by atoms with Gasteiger partial charge in [-0.05, 0) is 11.8 Å². The Morgan fingerprint density at radius 1 is 1.25 bits per heavy atom. The van der Waals surface area contributed by atoms with Crippen LogP contribution in [0.4, 0.5) is 0 Å². The third kappa shape index (κ3) is 7.60. The molecule has 1 atom stereocenters. The Balaban J connectivity index is 5.12. The van der Waals surface area contributed by atoms with Crippen LogP contribution in [0.2, 0.25) is 0 Å². The molecule has 0 radical (unpaired) electrons. The van der Waals surface area contributed by atoms with Crippen LogP contribution in [0.5, 0.6) is 0 Å². The van der Waals surface area contributed by atoms with Gasteiger partial charge in [-0.25, -0.2) is 4.90 Å². The highest BCUT2D eigenvalue weighted by Crippen LogP contribution is 2.50. The fourth-order valence-electron chi connectivity index (χ4n) is 1.49. The molecule has 20 heavy (non-hydrogen) atoms. The van der Waals surface area contributed by atoms with Gasteiger partial charge >= 0.3 is 5.97 Å². The normalized spacial score (nSPS) is 12.8. The van der Waals surface area contributed by atoms with Gasteiger partial charge < -0.3 is 5.11 Å². The Labute approximate surface area is 138 Å². The zero-order chi connectivity index (χ0) is 15.8. The Kier molecular flexibility index (Phi) is 10.7. The zero-order valence-electron chi connectivity index (χ0n) is 13.0. The largest absolute Gasteiger partial charge is 0.480 e. The molecule has 0 aliphatic heterocycles. The summed E-state index contributed by atoms with van der Waals surface area (Å²) in [5, 5.41) is 9.14. The van der Waals surface area contributed by atoms with Crippen molar-refractivity contribution < 1.29 is 9.90 Å². The molecule has 118 valence electrons. The molecule has 0 fully saturated rings. The van der Waals surface area contributed by atoms with Gasteiger partial charge in [-0.2, -0.15) is 0 Å². The van der Waals surface area contributed by atoms with Crippen molar-refractivity contribution in [3.63, 3.8) is 0 Å². The predicted octanol–water partition coefficient (Wildman–Crippen LogP) is 3.92. The number of likely N-dealkylation sites (N-methyl/N-ethyl adjacent to an activating group) is 1. The van der Waals surface area contributed by atoms with E-state index in [9.17, 15) is 4.79 Å². The second-order valence-electron chi connectivity index (χ2n) is 5.50. The fraction of sp³-hybridized carbons (Fsp3) is 0.923. The first-order valence-corrected chi connectivity index (χ1v) is 11.0. The van der Waals surface area contributed by atoms with Crippen molar-refractivity contribution in [2.75, 3.05) is 24.6 Å². The average molecular weight is 357 g/mol. The predicted molar refractivity (Wildman–Crippen MR) is 97.9 cm³/mol. The minimum absolute atomic E-state index is 0.0658. The molecule has 1 N–H and O–H groups in total. The third-order valence-electron chi connectivity index (χ3n) is 2.48. The first-order chi connectivity index (χ1) is 9.27. The van der Waals surface area contributed by atoms with Crippen LogP contribution in [0.1, 0.15) is 34.6 Å². The van der Waals surface area contributed by atoms with E-state index in [-0.39, 0.29) is 17.8 Å². The molecule has 0 aromatic heterocycles. The number of nitrogens with zero attached hydrogens (tertiary/aromatic N) is 1. The Hall–Kier alpha value is 0.650. The highest BCUT2D eigenvalue weighted by molar-refractivity contribution is 8.27. The highest BCUT2D eigenvalue weighted by Gasteiger charge is 2.44. The summed E-state index contributed by atoms with van der Waals surface area (Å²) in [4.78, 5) is 13.1. The van der Waals surface area contributed by atoms with Gasteiger partial charge in [0, 0.05) is 18.1 Å². The van der Waals surface area contributed by atoms with E-state index in [0.29, 0.717) is 18.4 Å². The number of carboxylic acid groups (broad SMARTS) is 1. The van der Waals surface area contributed by atoms with Crippen molar-refractivity contribution in [1.82, 2.24) is 4.90 Å². The number of aliphatic carboxylic acids is 1. The number of rotatable bonds is 11. The van der Waals surface area contributed by atoms with E-state index in [4.69, 9.17) is 16.9 Å². The van der Waals surface area contributed by atoms with Gasteiger partial charge in [0.25, 0.3) is 3.94 Å². The molecule has 0 aromatic carbocycles. The standard InChI is InChI=1S/C13H26NO2PS3/c1-6-14(7-12(15)16)13(17-18,19-8-10(2)3)20-9-11(4)5/h10-11H,6-9H2,1-5H3,(H,15,16)/p+1. The Morgan fingerprint density at radius 3 is 1.95 bits per heavy atom. The smallest absolute Gasteiger partial charge is 0.317 e. The summed E-state index contributed by atoms with van der Waals surface area (Å²) < 4.78 is -0.267. The van der Waals surface area contributed by atoms with Crippen LogP contribution in [0.25, 0.3) is 0 Å². The number of hydrogen-bond acceptors (Lipinski definition) is 5. The molecule has 0 aliphatic carbocycles. The minimum atomic E-state index is -0.778. The molecule has 0 bridgehead atoms. The van der Waals surface area contributed by atoms with E-state index in [1.54, 1.807) is 0 Å². The molecular weight excluding hydrogens is 329 g/mol. The third-order valence-corrected chi connectivity index (χ3v) is 9.86. The molecule has 0 rings (SSSR count). The van der Waals surface area contributed by atoms with Gasteiger partial charge in [0.1, 0.15) is 6.54 Å². The summed E-state index contributed by atoms with van der Waals surface area (Å²) in [6.07, 6.45) is 0. The van der Waals surface area contributed by atoms with Gasteiger partial charge in [0.15, 0.2) is 11.8 Å². The van der Waals surface area contributed by atoms with E-state index >= 15 is 0 Å². The number of carbonyl (C=O) groups is 1. The van der Waals surface area contributed by atoms with Crippen LogP contribution in [0.15, 0.2) is 0 Å². The molecule has 1 unspecified atom stereocenters. The lowest BCUT2D eigenvalue weighted by Crippen LogP contribution is -2.43. The molecule has 3 nitrogen and oxygen atoms in total. The summed E-state index contributed by atoms with van der Waals surface area (Å²) in [6, 6.07) is 0. The molecule has 0 saturated carbocycles. The maximum Gasteiger partial charge on any atom is 0.317 e. The maximum atomic E-state index is 11.1. The first-order valence-electron chi connectivity index (χ1n) is 6.91. The summed E-state index contributed by atoms with van der Waals surface area (Å²) >= 11 is 9.09. The molecular formula is C13H27NO2PS3+. The van der Waals surface area contributed by atoms with E-state index in [2.05, 4.69) is 27.7 Å². The summed E-state index contributed by atoms with van der Waals surface area (Å²) in [7, 11) is 0.277. The van der Waals surface area contributed by atoms with Crippen molar-refractivity contribution in [2.45, 2.75) is 38.6 Å². The van der Waals surface area contributed by atoms with Crippen molar-refractivity contribution >= 4 is 48.7 Å². The number of hydrogen-bond donors (Lipinski definition) is 1. The van der Waals surface area contributed by atoms with Crippen LogP contribution in [0, 0.1) is 11.8 Å². The lowest BCUT2D eigenvalue weighted by Gasteiger charge is -2.33. The van der Waals surface area contributed by atoms with Gasteiger partial charge in [0.2, 0.25) is 7.36 Å². The fourth-order valence-corrected chi connectivity index (χ4v) is 6.89. The molecule has 0 amide bonds. The molecule has 0 spiro atoms. The van der Waals surface area contributed by atoms with Crippen molar-refractivity contribution in [2.24, 2.45) is 11.8 Å². The highest BCUT2D eigenvalue weighted by atomic mass is 32.4. The quantitative estimate of drug-likeness (QED) is 0.447. The van der Waals surface area contributed by atoms with Crippen molar-refractivity contribution in [1.29, 1.82) is 0 Å². The Bertz CT molecular complexity index is 302. The lowest BCUT2D eigenvalue weighted by molar-refractivity contribution is -0.138. The summed E-state index contributed by atoms with van der Waals surface area (Å²) in [6.45, 7) is 11.5. The number of carboxylic acids is 1. The van der Waals surface area contributed by atoms with Crippen molar-refractivity contribution in [3.8, 4) is 0 Å². The first kappa shape index (κ1) is 20.6. The van der Waals surface area contributed by atoms with Crippen molar-refractivity contribution in [3.05, 3.63) is 0 Å². The Morgan fingerprint density at radius 2 is 1.70 bits per heavy atom. The second kappa shape index (κ2) is 10.4. The van der Waals surface area contributed by atoms with E-state index in [1.165, 1.54) is 0 Å². The van der Waals surface area contributed by atoms with E-state index in [1.807, 2.05) is 35.3 Å². The molecule has 0 aromatic rings. The van der Waals surface area contributed by atoms with Crippen LogP contribution in [0.3, 0.4) is 0 Å². The topological polar surface area (TPSA) is 40.5 Å². The molecule has 0 saturated heterocycles. The van der Waals surface area contributed by atoms with Gasteiger partial charge in [0.05, 0.1) is 0 Å². The van der Waals surface area contributed by atoms with Crippen LogP contribution in [-0.2, 0) is 16.6 Å². The summed E-state index contributed by atoms with van der Waals surface area (Å²) in [5.41, 5.74) is 0. The molecule has 0 heterocycles. The zero-order valence-corrected chi connectivity index (χ0v) is 16.5.